The first-order chi connectivity index (χ1) is 18.2. The van der Waals surface area contributed by atoms with Crippen LogP contribution in [-0.2, 0) is 19.2 Å². The zero-order valence-electron chi connectivity index (χ0n) is 25.9. The maximum Gasteiger partial charge on any atom is 0.223 e. The molecule has 0 saturated carbocycles. The van der Waals surface area contributed by atoms with Gasteiger partial charge in [0.05, 0.1) is 34.2 Å². The topological polar surface area (TPSA) is 116 Å². The molecule has 39 heavy (non-hydrogen) atoms. The molecule has 0 aromatic heterocycles. The van der Waals surface area contributed by atoms with Crippen LogP contribution in [0, 0.1) is 23.7 Å². The molecule has 0 aliphatic heterocycles. The van der Waals surface area contributed by atoms with Gasteiger partial charge in [-0.25, -0.2) is 0 Å². The molecule has 0 heterocycles. The molecular formula is C28H56N5O4S2+. The summed E-state index contributed by atoms with van der Waals surface area (Å²) in [5.74, 6) is 0.449. The Morgan fingerprint density at radius 3 is 1.64 bits per heavy atom. The number of quaternary nitrogens is 1. The Morgan fingerprint density at radius 2 is 1.15 bits per heavy atom. The second-order valence-corrected chi connectivity index (χ2v) is 14.4. The molecule has 4 amide bonds. The van der Waals surface area contributed by atoms with Crippen molar-refractivity contribution in [1.29, 1.82) is 0 Å². The first-order valence-electron chi connectivity index (χ1n) is 14.4. The normalized spacial score (nSPS) is 14.7. The molecule has 0 aliphatic carbocycles. The van der Waals surface area contributed by atoms with Crippen molar-refractivity contribution in [3.05, 3.63) is 0 Å². The molecule has 0 bridgehead atoms. The van der Waals surface area contributed by atoms with Crippen LogP contribution >= 0.6 is 21.6 Å². The minimum atomic E-state index is -0.419. The van der Waals surface area contributed by atoms with Crippen molar-refractivity contribution in [2.45, 2.75) is 73.3 Å². The second kappa shape index (κ2) is 20.4. The summed E-state index contributed by atoms with van der Waals surface area (Å²) < 4.78 is 0.759. The van der Waals surface area contributed by atoms with Gasteiger partial charge in [0.1, 0.15) is 0 Å². The highest BCUT2D eigenvalue weighted by Crippen LogP contribution is 2.24. The first-order valence-corrected chi connectivity index (χ1v) is 16.9. The molecule has 0 spiro atoms. The summed E-state index contributed by atoms with van der Waals surface area (Å²) in [6.07, 6.45) is 2.27. The van der Waals surface area contributed by atoms with Gasteiger partial charge >= 0.3 is 0 Å². The Hall–Kier alpha value is -1.46. The van der Waals surface area contributed by atoms with E-state index in [1.165, 1.54) is 0 Å². The Labute approximate surface area is 245 Å². The van der Waals surface area contributed by atoms with E-state index in [0.29, 0.717) is 38.9 Å². The molecule has 4 N–H and O–H groups in total. The van der Waals surface area contributed by atoms with Crippen LogP contribution in [-0.4, -0.2) is 93.0 Å². The van der Waals surface area contributed by atoms with Gasteiger partial charge in [-0.05, 0) is 39.5 Å². The molecule has 0 fully saturated rings. The molecule has 4 atom stereocenters. The number of carbonyl (C=O) groups excluding carboxylic acids is 4. The van der Waals surface area contributed by atoms with Crippen LogP contribution in [0.4, 0.5) is 0 Å². The number of likely N-dealkylation sites (N-methyl/N-ethyl adjacent to an activating group) is 1. The average molecular weight is 591 g/mol. The summed E-state index contributed by atoms with van der Waals surface area (Å²) in [6.45, 7) is 14.1. The predicted molar refractivity (Wildman–Crippen MR) is 165 cm³/mol. The largest absolute Gasteiger partial charge is 0.355 e. The minimum absolute atomic E-state index is 0.0134. The van der Waals surface area contributed by atoms with Gasteiger partial charge in [-0.3, -0.25) is 19.2 Å². The molecular weight excluding hydrogens is 534 g/mol. The summed E-state index contributed by atoms with van der Waals surface area (Å²) in [6, 6.07) is -0.0134. The SMILES string of the molecule is CCC(C)C(=O)NCCSSCCNC(=O)C(CC)CC(CC(C)C(=O)NCC[N+](C)(C)C)C(=O)NC(C)C. The number of hydrogen-bond donors (Lipinski definition) is 4. The Kier molecular flexibility index (Phi) is 19.7. The molecule has 228 valence electrons. The van der Waals surface area contributed by atoms with Crippen molar-refractivity contribution < 1.29 is 23.7 Å². The zero-order chi connectivity index (χ0) is 30.0. The molecule has 0 aromatic carbocycles. The third-order valence-corrected chi connectivity index (χ3v) is 8.92. The number of hydrogen-bond acceptors (Lipinski definition) is 6. The standard InChI is InChI=1S/C28H55N5O4S2/c1-10-21(5)25(34)30-13-16-38-39-17-14-31-27(36)23(11-2)19-24(28(37)32-20(3)4)18-22(6)26(35)29-12-15-33(7,8)9/h20-24H,10-19H2,1-9H3,(H3-,29,30,31,32,34,35,36,37)/p+1. The Bertz CT molecular complexity index is 746. The van der Waals surface area contributed by atoms with Gasteiger partial charge in [-0.15, -0.1) is 0 Å². The number of amides is 4. The van der Waals surface area contributed by atoms with Crippen molar-refractivity contribution in [2.24, 2.45) is 23.7 Å². The molecule has 0 aromatic rings. The lowest BCUT2D eigenvalue weighted by Gasteiger charge is -2.26. The average Bonchev–Trinajstić information content (AvgIpc) is 2.85. The number of rotatable bonds is 21. The molecule has 4 unspecified atom stereocenters. The van der Waals surface area contributed by atoms with E-state index in [1.807, 2.05) is 41.5 Å². The summed E-state index contributed by atoms with van der Waals surface area (Å²) in [5.41, 5.74) is 0. The minimum Gasteiger partial charge on any atom is -0.355 e. The molecule has 11 heteroatoms. The van der Waals surface area contributed by atoms with Crippen molar-refractivity contribution in [1.82, 2.24) is 21.3 Å². The van der Waals surface area contributed by atoms with Crippen LogP contribution in [0.1, 0.15) is 67.2 Å². The smallest absolute Gasteiger partial charge is 0.223 e. The fraction of sp³-hybridized carbons (Fsp3) is 0.857. The second-order valence-electron chi connectivity index (χ2n) is 11.7. The lowest BCUT2D eigenvalue weighted by Crippen LogP contribution is -2.44. The van der Waals surface area contributed by atoms with Crippen LogP contribution in [0.5, 0.6) is 0 Å². The van der Waals surface area contributed by atoms with Crippen LogP contribution in [0.2, 0.25) is 0 Å². The molecule has 0 rings (SSSR count). The highest BCUT2D eigenvalue weighted by atomic mass is 33.1. The highest BCUT2D eigenvalue weighted by molar-refractivity contribution is 8.76. The monoisotopic (exact) mass is 590 g/mol. The number of carbonyl (C=O) groups is 4. The van der Waals surface area contributed by atoms with Gasteiger partial charge in [0, 0.05) is 54.3 Å². The van der Waals surface area contributed by atoms with Crippen molar-refractivity contribution in [3.63, 3.8) is 0 Å². The van der Waals surface area contributed by atoms with Crippen molar-refractivity contribution in [2.75, 3.05) is 58.8 Å². The fourth-order valence-corrected chi connectivity index (χ4v) is 5.60. The summed E-state index contributed by atoms with van der Waals surface area (Å²) in [4.78, 5) is 50.4. The van der Waals surface area contributed by atoms with E-state index in [1.54, 1.807) is 21.6 Å². The number of nitrogens with zero attached hydrogens (tertiary/aromatic N) is 1. The summed E-state index contributed by atoms with van der Waals surface area (Å²) in [7, 11) is 9.57. The maximum atomic E-state index is 13.0. The predicted octanol–water partition coefficient (Wildman–Crippen LogP) is 3.05. The zero-order valence-corrected chi connectivity index (χ0v) is 27.5. The van der Waals surface area contributed by atoms with Crippen molar-refractivity contribution >= 4 is 45.2 Å². The Morgan fingerprint density at radius 1 is 0.641 bits per heavy atom. The molecule has 0 saturated heterocycles. The van der Waals surface area contributed by atoms with E-state index in [0.717, 1.165) is 29.0 Å². The van der Waals surface area contributed by atoms with Gasteiger partial charge in [-0.2, -0.15) is 0 Å². The summed E-state index contributed by atoms with van der Waals surface area (Å²) in [5, 5.41) is 11.9. The molecule has 9 nitrogen and oxygen atoms in total. The maximum absolute atomic E-state index is 13.0. The third-order valence-electron chi connectivity index (χ3n) is 6.51. The van der Waals surface area contributed by atoms with E-state index in [4.69, 9.17) is 0 Å². The van der Waals surface area contributed by atoms with Gasteiger partial charge < -0.3 is 25.8 Å². The quantitative estimate of drug-likeness (QED) is 0.0928. The van der Waals surface area contributed by atoms with Gasteiger partial charge in [0.2, 0.25) is 23.6 Å². The van der Waals surface area contributed by atoms with Crippen molar-refractivity contribution in [3.8, 4) is 0 Å². The lowest BCUT2D eigenvalue weighted by molar-refractivity contribution is -0.869. The van der Waals surface area contributed by atoms with Gasteiger partial charge in [0.15, 0.2) is 0 Å². The van der Waals surface area contributed by atoms with E-state index >= 15 is 0 Å². The number of nitrogens with one attached hydrogen (secondary N) is 4. The highest BCUT2D eigenvalue weighted by Gasteiger charge is 2.30. The first kappa shape index (κ1) is 37.5. The fourth-order valence-electron chi connectivity index (χ4n) is 3.79. The van der Waals surface area contributed by atoms with E-state index in [9.17, 15) is 19.2 Å². The van der Waals surface area contributed by atoms with Crippen LogP contribution in [0.25, 0.3) is 0 Å². The van der Waals surface area contributed by atoms with Gasteiger partial charge in [-0.1, -0.05) is 49.3 Å². The lowest BCUT2D eigenvalue weighted by atomic mass is 9.85. The third kappa shape index (κ3) is 18.5. The van der Waals surface area contributed by atoms with E-state index in [-0.39, 0.29) is 47.4 Å². The Balaban J connectivity index is 4.72. The van der Waals surface area contributed by atoms with Gasteiger partial charge in [0.25, 0.3) is 0 Å². The van der Waals surface area contributed by atoms with E-state index in [2.05, 4.69) is 42.4 Å². The van der Waals surface area contributed by atoms with Crippen LogP contribution in [0.3, 0.4) is 0 Å². The van der Waals surface area contributed by atoms with E-state index < -0.39 is 5.92 Å². The molecule has 0 radical (unpaired) electrons. The van der Waals surface area contributed by atoms with Crippen LogP contribution < -0.4 is 21.3 Å². The van der Waals surface area contributed by atoms with Crippen LogP contribution in [0.15, 0.2) is 0 Å². The summed E-state index contributed by atoms with van der Waals surface area (Å²) >= 11 is 0. The molecule has 0 aliphatic rings.